The van der Waals surface area contributed by atoms with Gasteiger partial charge in [0.2, 0.25) is 5.91 Å². The summed E-state index contributed by atoms with van der Waals surface area (Å²) in [5, 5.41) is 18.9. The molecule has 0 unspecified atom stereocenters. The summed E-state index contributed by atoms with van der Waals surface area (Å²) in [5.41, 5.74) is 0.399. The minimum atomic E-state index is -1.16. The van der Waals surface area contributed by atoms with Crippen molar-refractivity contribution in [2.24, 2.45) is 0 Å². The lowest BCUT2D eigenvalue weighted by Crippen LogP contribution is -2.21. The van der Waals surface area contributed by atoms with Gasteiger partial charge in [-0.15, -0.1) is 5.10 Å². The number of rotatable bonds is 5. The molecule has 1 aromatic carbocycles. The molecule has 0 spiro atoms. The summed E-state index contributed by atoms with van der Waals surface area (Å²) < 4.78 is 14.8. The molecule has 7 nitrogen and oxygen atoms in total. The van der Waals surface area contributed by atoms with E-state index in [1.165, 1.54) is 22.9 Å². The second kappa shape index (κ2) is 5.55. The number of nitrogens with zero attached hydrogens (tertiary/aromatic N) is 3. The molecule has 1 aliphatic rings. The Balaban J connectivity index is 1.77. The third-order valence-corrected chi connectivity index (χ3v) is 3.38. The fourth-order valence-electron chi connectivity index (χ4n) is 2.24. The van der Waals surface area contributed by atoms with Crippen LogP contribution in [-0.4, -0.2) is 32.0 Å². The Morgan fingerprint density at radius 2 is 2.09 bits per heavy atom. The first-order valence-corrected chi connectivity index (χ1v) is 6.77. The number of nitrogens with one attached hydrogen (secondary N) is 1. The molecule has 1 saturated carbocycles. The number of aromatic carboxylic acids is 1. The SMILES string of the molecule is O=C(Cn1nnc(C(=O)O)c1C1CC1)Nc1ccccc1F. The van der Waals surface area contributed by atoms with Gasteiger partial charge in [-0.2, -0.15) is 0 Å². The highest BCUT2D eigenvalue weighted by Gasteiger charge is 2.34. The van der Waals surface area contributed by atoms with Crippen LogP contribution in [0.4, 0.5) is 10.1 Å². The zero-order chi connectivity index (χ0) is 15.7. The van der Waals surface area contributed by atoms with Crippen molar-refractivity contribution in [1.82, 2.24) is 15.0 Å². The highest BCUT2D eigenvalue weighted by Crippen LogP contribution is 2.41. The smallest absolute Gasteiger partial charge is 0.358 e. The number of aromatic nitrogens is 3. The van der Waals surface area contributed by atoms with Crippen molar-refractivity contribution in [3.05, 3.63) is 41.5 Å². The number of para-hydroxylation sites is 1. The molecular formula is C14H13FN4O3. The van der Waals surface area contributed by atoms with Crippen molar-refractivity contribution in [3.63, 3.8) is 0 Å². The lowest BCUT2D eigenvalue weighted by atomic mass is 10.2. The predicted octanol–water partition coefficient (Wildman–Crippen LogP) is 1.63. The Kier molecular flexibility index (Phi) is 3.58. The van der Waals surface area contributed by atoms with E-state index in [1.807, 2.05) is 0 Å². The Hall–Kier alpha value is -2.77. The maximum Gasteiger partial charge on any atom is 0.358 e. The van der Waals surface area contributed by atoms with Crippen LogP contribution in [0.1, 0.15) is 34.9 Å². The first kappa shape index (κ1) is 14.2. The molecule has 8 heteroatoms. The van der Waals surface area contributed by atoms with E-state index in [1.54, 1.807) is 6.07 Å². The van der Waals surface area contributed by atoms with Crippen molar-refractivity contribution < 1.29 is 19.1 Å². The summed E-state index contributed by atoms with van der Waals surface area (Å²) in [5.74, 6) is -2.12. The molecule has 0 saturated heterocycles. The molecule has 1 heterocycles. The fourth-order valence-corrected chi connectivity index (χ4v) is 2.24. The summed E-state index contributed by atoms with van der Waals surface area (Å²) in [6, 6.07) is 5.81. The van der Waals surface area contributed by atoms with Crippen LogP contribution in [0.3, 0.4) is 0 Å². The van der Waals surface area contributed by atoms with Crippen LogP contribution in [0, 0.1) is 5.82 Å². The molecular weight excluding hydrogens is 291 g/mol. The Bertz CT molecular complexity index is 739. The summed E-state index contributed by atoms with van der Waals surface area (Å²) in [6.07, 6.45) is 1.70. The van der Waals surface area contributed by atoms with Crippen LogP contribution >= 0.6 is 0 Å². The van der Waals surface area contributed by atoms with E-state index >= 15 is 0 Å². The topological polar surface area (TPSA) is 97.1 Å². The largest absolute Gasteiger partial charge is 0.476 e. The number of benzene rings is 1. The third-order valence-electron chi connectivity index (χ3n) is 3.38. The van der Waals surface area contributed by atoms with Crippen LogP contribution in [0.2, 0.25) is 0 Å². The molecule has 0 atom stereocenters. The molecule has 22 heavy (non-hydrogen) atoms. The fraction of sp³-hybridized carbons (Fsp3) is 0.286. The van der Waals surface area contributed by atoms with Crippen LogP contribution in [0.15, 0.2) is 24.3 Å². The average molecular weight is 304 g/mol. The highest BCUT2D eigenvalue weighted by atomic mass is 19.1. The lowest BCUT2D eigenvalue weighted by molar-refractivity contribution is -0.117. The summed E-state index contributed by atoms with van der Waals surface area (Å²) in [6.45, 7) is -0.208. The summed E-state index contributed by atoms with van der Waals surface area (Å²) in [4.78, 5) is 23.1. The zero-order valence-corrected chi connectivity index (χ0v) is 11.5. The van der Waals surface area contributed by atoms with E-state index in [0.29, 0.717) is 5.69 Å². The number of hydrogen-bond donors (Lipinski definition) is 2. The number of halogens is 1. The number of carbonyl (C=O) groups is 2. The minimum absolute atomic E-state index is 0.0686. The first-order chi connectivity index (χ1) is 10.6. The van der Waals surface area contributed by atoms with Gasteiger partial charge in [-0.25, -0.2) is 13.9 Å². The number of anilines is 1. The molecule has 2 N–H and O–H groups in total. The molecule has 0 bridgehead atoms. The van der Waals surface area contributed by atoms with E-state index in [-0.39, 0.29) is 23.8 Å². The van der Waals surface area contributed by atoms with Crippen molar-refractivity contribution in [2.75, 3.05) is 5.32 Å². The summed E-state index contributed by atoms with van der Waals surface area (Å²) in [7, 11) is 0. The molecule has 1 aliphatic carbocycles. The maximum atomic E-state index is 13.5. The van der Waals surface area contributed by atoms with Crippen molar-refractivity contribution in [2.45, 2.75) is 25.3 Å². The van der Waals surface area contributed by atoms with E-state index in [2.05, 4.69) is 15.6 Å². The second-order valence-corrected chi connectivity index (χ2v) is 5.09. The third kappa shape index (κ3) is 2.80. The Morgan fingerprint density at radius 3 is 2.73 bits per heavy atom. The Labute approximate surface area is 124 Å². The van der Waals surface area contributed by atoms with Gasteiger partial charge in [0.05, 0.1) is 11.4 Å². The van der Waals surface area contributed by atoms with Gasteiger partial charge in [-0.3, -0.25) is 4.79 Å². The first-order valence-electron chi connectivity index (χ1n) is 6.77. The van der Waals surface area contributed by atoms with Gasteiger partial charge in [0, 0.05) is 5.92 Å². The van der Waals surface area contributed by atoms with Gasteiger partial charge >= 0.3 is 5.97 Å². The standard InChI is InChI=1S/C14H13FN4O3/c15-9-3-1-2-4-10(9)16-11(20)7-19-13(8-5-6-8)12(14(21)22)17-18-19/h1-4,8H,5-7H2,(H,16,20)(H,21,22). The van der Waals surface area contributed by atoms with E-state index in [0.717, 1.165) is 12.8 Å². The number of carboxylic acid groups (broad SMARTS) is 1. The number of amides is 1. The quantitative estimate of drug-likeness (QED) is 0.875. The van der Waals surface area contributed by atoms with Gasteiger partial charge in [0.1, 0.15) is 12.4 Å². The van der Waals surface area contributed by atoms with E-state index in [9.17, 15) is 14.0 Å². The van der Waals surface area contributed by atoms with Crippen LogP contribution in [-0.2, 0) is 11.3 Å². The van der Waals surface area contributed by atoms with Gasteiger partial charge in [-0.05, 0) is 25.0 Å². The van der Waals surface area contributed by atoms with Gasteiger partial charge in [0.25, 0.3) is 0 Å². The number of carboxylic acids is 1. The maximum absolute atomic E-state index is 13.5. The minimum Gasteiger partial charge on any atom is -0.476 e. The number of carbonyl (C=O) groups excluding carboxylic acids is 1. The van der Waals surface area contributed by atoms with Crippen LogP contribution < -0.4 is 5.32 Å². The lowest BCUT2D eigenvalue weighted by Gasteiger charge is -2.08. The molecule has 1 amide bonds. The van der Waals surface area contributed by atoms with Gasteiger partial charge < -0.3 is 10.4 Å². The van der Waals surface area contributed by atoms with E-state index in [4.69, 9.17) is 5.11 Å². The highest BCUT2D eigenvalue weighted by molar-refractivity contribution is 5.91. The Morgan fingerprint density at radius 1 is 1.36 bits per heavy atom. The van der Waals surface area contributed by atoms with Gasteiger partial charge in [-0.1, -0.05) is 17.3 Å². The van der Waals surface area contributed by atoms with Crippen molar-refractivity contribution in [3.8, 4) is 0 Å². The molecule has 3 rings (SSSR count). The van der Waals surface area contributed by atoms with Crippen LogP contribution in [0.25, 0.3) is 0 Å². The van der Waals surface area contributed by atoms with Gasteiger partial charge in [0.15, 0.2) is 5.69 Å². The molecule has 1 fully saturated rings. The zero-order valence-electron chi connectivity index (χ0n) is 11.5. The molecule has 2 aromatic rings. The molecule has 0 radical (unpaired) electrons. The number of hydrogen-bond acceptors (Lipinski definition) is 4. The van der Waals surface area contributed by atoms with Crippen molar-refractivity contribution in [1.29, 1.82) is 0 Å². The second-order valence-electron chi connectivity index (χ2n) is 5.09. The van der Waals surface area contributed by atoms with Crippen LogP contribution in [0.5, 0.6) is 0 Å². The monoisotopic (exact) mass is 304 g/mol. The molecule has 114 valence electrons. The normalized spacial score (nSPS) is 13.9. The molecule has 0 aliphatic heterocycles. The molecule has 1 aromatic heterocycles. The predicted molar refractivity (Wildman–Crippen MR) is 74.0 cm³/mol. The average Bonchev–Trinajstić information content (AvgIpc) is 3.22. The van der Waals surface area contributed by atoms with E-state index < -0.39 is 17.7 Å². The summed E-state index contributed by atoms with van der Waals surface area (Å²) >= 11 is 0. The van der Waals surface area contributed by atoms with Crippen molar-refractivity contribution >= 4 is 17.6 Å².